The number of aliphatic hydroxyl groups is 1. The van der Waals surface area contributed by atoms with Gasteiger partial charge in [0.15, 0.2) is 0 Å². The van der Waals surface area contributed by atoms with Crippen LogP contribution in [-0.2, 0) is 27.0 Å². The lowest BCUT2D eigenvalue weighted by Crippen LogP contribution is -2.52. The summed E-state index contributed by atoms with van der Waals surface area (Å²) in [7, 11) is 1.67. The zero-order chi connectivity index (χ0) is 24.7. The monoisotopic (exact) mass is 484 g/mol. The van der Waals surface area contributed by atoms with E-state index >= 15 is 0 Å². The number of fused-ring (bicyclic) bond motifs is 1. The summed E-state index contributed by atoms with van der Waals surface area (Å²) in [6, 6.07) is 3.69. The Hall–Kier alpha value is -1.68. The first-order chi connectivity index (χ1) is 16.0. The summed E-state index contributed by atoms with van der Waals surface area (Å²) < 4.78 is 50.8. The van der Waals surface area contributed by atoms with Crippen molar-refractivity contribution in [3.63, 3.8) is 0 Å². The second-order valence-electron chi connectivity index (χ2n) is 10.3. The summed E-state index contributed by atoms with van der Waals surface area (Å²) in [4.78, 5) is 15.4. The summed E-state index contributed by atoms with van der Waals surface area (Å²) in [6.07, 6.45) is -2.48. The molecule has 2 N–H and O–H groups in total. The molecule has 2 heterocycles. The highest BCUT2D eigenvalue weighted by Crippen LogP contribution is 2.47. The number of benzene rings is 1. The number of aliphatic hydroxyl groups excluding tert-OH is 1. The van der Waals surface area contributed by atoms with E-state index in [9.17, 15) is 23.1 Å². The van der Waals surface area contributed by atoms with E-state index in [0.29, 0.717) is 37.2 Å². The first-order valence-electron chi connectivity index (χ1n) is 12.1. The highest BCUT2D eigenvalue weighted by atomic mass is 19.4. The third-order valence-corrected chi connectivity index (χ3v) is 8.01. The van der Waals surface area contributed by atoms with Crippen LogP contribution in [0.15, 0.2) is 18.2 Å². The molecule has 5 atom stereocenters. The average Bonchev–Trinajstić information content (AvgIpc) is 3.23. The quantitative estimate of drug-likeness (QED) is 0.668. The van der Waals surface area contributed by atoms with E-state index in [2.05, 4.69) is 5.32 Å². The van der Waals surface area contributed by atoms with Crippen LogP contribution < -0.4 is 5.32 Å². The summed E-state index contributed by atoms with van der Waals surface area (Å²) in [6.45, 7) is 5.44. The van der Waals surface area contributed by atoms with E-state index in [1.165, 1.54) is 6.07 Å². The van der Waals surface area contributed by atoms with Crippen molar-refractivity contribution in [1.29, 1.82) is 0 Å². The van der Waals surface area contributed by atoms with Gasteiger partial charge in [-0.15, -0.1) is 0 Å². The zero-order valence-electron chi connectivity index (χ0n) is 20.0. The SMILES string of the molecule is CO[C@H]1COCC[C@H]1N[C@@H]1CC[C@@](C(=O)N2Cc3cc(C(F)(F)F)ccc3[C@@H](O)C2)(C(C)C)C1. The lowest BCUT2D eigenvalue weighted by molar-refractivity contribution is -0.148. The van der Waals surface area contributed by atoms with Crippen LogP contribution in [0, 0.1) is 11.3 Å². The Morgan fingerprint density at radius 1 is 1.32 bits per heavy atom. The maximum absolute atomic E-state index is 13.9. The topological polar surface area (TPSA) is 71.0 Å². The number of amides is 1. The molecule has 1 saturated heterocycles. The number of methoxy groups -OCH3 is 1. The van der Waals surface area contributed by atoms with Gasteiger partial charge in [0.05, 0.1) is 36.3 Å². The van der Waals surface area contributed by atoms with E-state index in [0.717, 1.165) is 25.0 Å². The van der Waals surface area contributed by atoms with Gasteiger partial charge < -0.3 is 24.8 Å². The Balaban J connectivity index is 1.51. The van der Waals surface area contributed by atoms with Crippen molar-refractivity contribution in [2.45, 2.75) is 76.5 Å². The first kappa shape index (κ1) is 25.4. The molecule has 0 unspecified atom stereocenters. The molecular weight excluding hydrogens is 449 g/mol. The number of halogens is 3. The fraction of sp³-hybridized carbons (Fsp3) is 0.720. The van der Waals surface area contributed by atoms with Crippen LogP contribution in [-0.4, -0.2) is 61.0 Å². The molecule has 0 aromatic heterocycles. The molecule has 1 aromatic rings. The number of carbonyl (C=O) groups excluding carboxylic acids is 1. The molecule has 1 aliphatic carbocycles. The number of alkyl halides is 3. The molecule has 3 aliphatic rings. The molecule has 4 rings (SSSR count). The standard InChI is InChI=1S/C25H35F3N2O4/c1-15(2)24(8-6-18(11-24)29-20-7-9-34-14-22(20)33-3)23(32)30-12-16-10-17(25(26,27)28)4-5-19(16)21(31)13-30/h4-5,10,15,18,20-22,29,31H,6-9,11-14H2,1-3H3/t18-,20-,21+,22+,24+/m1/s1. The van der Waals surface area contributed by atoms with E-state index in [-0.39, 0.29) is 43.1 Å². The van der Waals surface area contributed by atoms with Crippen molar-refractivity contribution < 1.29 is 32.5 Å². The van der Waals surface area contributed by atoms with Gasteiger partial charge in [-0.1, -0.05) is 19.9 Å². The molecular formula is C25H35F3N2O4. The number of hydrogen-bond acceptors (Lipinski definition) is 5. The molecule has 6 nitrogen and oxygen atoms in total. The molecule has 0 bridgehead atoms. The molecule has 34 heavy (non-hydrogen) atoms. The Bertz CT molecular complexity index is 893. The summed E-state index contributed by atoms with van der Waals surface area (Å²) in [5.74, 6) is -0.0241. The molecule has 1 saturated carbocycles. The third-order valence-electron chi connectivity index (χ3n) is 8.01. The normalized spacial score (nSPS) is 32.2. The van der Waals surface area contributed by atoms with Gasteiger partial charge >= 0.3 is 6.18 Å². The maximum atomic E-state index is 13.9. The Labute approximate surface area is 198 Å². The number of rotatable bonds is 5. The lowest BCUT2D eigenvalue weighted by atomic mass is 9.73. The van der Waals surface area contributed by atoms with Crippen LogP contribution in [0.4, 0.5) is 13.2 Å². The fourth-order valence-electron chi connectivity index (χ4n) is 5.91. The van der Waals surface area contributed by atoms with Crippen LogP contribution in [0.25, 0.3) is 0 Å². The van der Waals surface area contributed by atoms with Crippen LogP contribution in [0.1, 0.15) is 62.3 Å². The van der Waals surface area contributed by atoms with Crippen LogP contribution in [0.3, 0.4) is 0 Å². The molecule has 1 amide bonds. The predicted molar refractivity (Wildman–Crippen MR) is 120 cm³/mol. The fourth-order valence-corrected chi connectivity index (χ4v) is 5.91. The predicted octanol–water partition coefficient (Wildman–Crippen LogP) is 3.67. The molecule has 0 radical (unpaired) electrons. The molecule has 190 valence electrons. The van der Waals surface area contributed by atoms with Gasteiger partial charge in [-0.05, 0) is 54.9 Å². The van der Waals surface area contributed by atoms with Crippen molar-refractivity contribution in [3.05, 3.63) is 34.9 Å². The second-order valence-corrected chi connectivity index (χ2v) is 10.3. The van der Waals surface area contributed by atoms with Crippen molar-refractivity contribution in [2.75, 3.05) is 26.9 Å². The van der Waals surface area contributed by atoms with Crippen molar-refractivity contribution in [3.8, 4) is 0 Å². The number of carbonyl (C=O) groups is 1. The van der Waals surface area contributed by atoms with E-state index in [4.69, 9.17) is 9.47 Å². The molecule has 0 spiro atoms. The Kier molecular flexibility index (Phi) is 7.29. The van der Waals surface area contributed by atoms with E-state index in [1.807, 2.05) is 13.8 Å². The number of ether oxygens (including phenoxy) is 2. The Morgan fingerprint density at radius 3 is 2.76 bits per heavy atom. The van der Waals surface area contributed by atoms with Gasteiger partial charge in [0.1, 0.15) is 0 Å². The van der Waals surface area contributed by atoms with Gasteiger partial charge in [-0.3, -0.25) is 4.79 Å². The number of nitrogens with zero attached hydrogens (tertiary/aromatic N) is 1. The summed E-state index contributed by atoms with van der Waals surface area (Å²) in [5, 5.41) is 14.3. The number of β-amino-alcohol motifs (C(OH)–C–C–N with tert-alkyl or cyclic N) is 1. The minimum atomic E-state index is -4.47. The smallest absolute Gasteiger partial charge is 0.387 e. The van der Waals surface area contributed by atoms with Crippen LogP contribution in [0.2, 0.25) is 0 Å². The highest BCUT2D eigenvalue weighted by molar-refractivity contribution is 5.84. The van der Waals surface area contributed by atoms with Gasteiger partial charge in [0, 0.05) is 32.3 Å². The minimum absolute atomic E-state index is 0.0323. The van der Waals surface area contributed by atoms with Crippen molar-refractivity contribution in [1.82, 2.24) is 10.2 Å². The summed E-state index contributed by atoms with van der Waals surface area (Å²) >= 11 is 0. The maximum Gasteiger partial charge on any atom is 0.416 e. The lowest BCUT2D eigenvalue weighted by Gasteiger charge is -2.41. The van der Waals surface area contributed by atoms with Gasteiger partial charge in [-0.2, -0.15) is 13.2 Å². The number of nitrogens with one attached hydrogen (secondary N) is 1. The molecule has 2 aliphatic heterocycles. The largest absolute Gasteiger partial charge is 0.416 e. The first-order valence-corrected chi connectivity index (χ1v) is 12.1. The van der Waals surface area contributed by atoms with Gasteiger partial charge in [0.2, 0.25) is 5.91 Å². The zero-order valence-corrected chi connectivity index (χ0v) is 20.0. The highest BCUT2D eigenvalue weighted by Gasteiger charge is 2.50. The average molecular weight is 485 g/mol. The van der Waals surface area contributed by atoms with Crippen molar-refractivity contribution >= 4 is 5.91 Å². The van der Waals surface area contributed by atoms with E-state index in [1.54, 1.807) is 12.0 Å². The molecule has 9 heteroatoms. The summed E-state index contributed by atoms with van der Waals surface area (Å²) in [5.41, 5.74) is -0.560. The van der Waals surface area contributed by atoms with Gasteiger partial charge in [-0.25, -0.2) is 0 Å². The number of hydrogen-bond donors (Lipinski definition) is 2. The van der Waals surface area contributed by atoms with E-state index < -0.39 is 23.3 Å². The molecule has 1 aromatic carbocycles. The van der Waals surface area contributed by atoms with Crippen LogP contribution in [0.5, 0.6) is 0 Å². The third kappa shape index (κ3) is 4.85. The van der Waals surface area contributed by atoms with Gasteiger partial charge in [0.25, 0.3) is 0 Å². The van der Waals surface area contributed by atoms with Crippen molar-refractivity contribution in [2.24, 2.45) is 11.3 Å². The Morgan fingerprint density at radius 2 is 2.09 bits per heavy atom. The van der Waals surface area contributed by atoms with Crippen LogP contribution >= 0.6 is 0 Å². The second kappa shape index (κ2) is 9.76. The molecule has 2 fully saturated rings. The minimum Gasteiger partial charge on any atom is -0.387 e.